The van der Waals surface area contributed by atoms with Crippen LogP contribution >= 0.6 is 12.8 Å². The van der Waals surface area contributed by atoms with Gasteiger partial charge in [0.2, 0.25) is 0 Å². The highest BCUT2D eigenvalue weighted by Crippen LogP contribution is 2.44. The van der Waals surface area contributed by atoms with Crippen molar-refractivity contribution in [1.82, 2.24) is 13.7 Å². The zero-order chi connectivity index (χ0) is 75.2. The summed E-state index contributed by atoms with van der Waals surface area (Å²) >= 11 is 4.65. The number of nitrogens with zero attached hydrogens (tertiary/aromatic N) is 5. The third-order valence-electron chi connectivity index (χ3n) is 21.5. The van der Waals surface area contributed by atoms with Crippen LogP contribution in [-0.4, -0.2) is 25.1 Å². The number of rotatable bonds is 13. The van der Waals surface area contributed by atoms with E-state index in [0.717, 1.165) is 157 Å². The largest absolute Gasteiger partial charge is 0.416 e. The molecule has 0 spiro atoms. The minimum absolute atomic E-state index is 0.149. The van der Waals surface area contributed by atoms with Crippen molar-refractivity contribution in [2.45, 2.75) is 12.4 Å². The molecule has 3 heterocycles. The fourth-order valence-corrected chi connectivity index (χ4v) is 16.2. The van der Waals surface area contributed by atoms with Gasteiger partial charge in [-0.25, -0.2) is 4.40 Å². The predicted molar refractivity (Wildman–Crippen MR) is 447 cm³/mol. The molecule has 18 aromatic rings. The Labute approximate surface area is 640 Å². The fourth-order valence-electron chi connectivity index (χ4n) is 16.0. The summed E-state index contributed by atoms with van der Waals surface area (Å²) in [7, 11) is 0. The number of nitrogens with one attached hydrogen (secondary N) is 1. The minimum atomic E-state index is -4.51. The number of alkyl halides is 6. The van der Waals surface area contributed by atoms with E-state index < -0.39 is 23.5 Å². The molecule has 0 saturated carbocycles. The quantitative estimate of drug-likeness (QED) is 0.0675. The summed E-state index contributed by atoms with van der Waals surface area (Å²) in [6.45, 7) is 0. The van der Waals surface area contributed by atoms with Crippen LogP contribution in [0.1, 0.15) is 16.7 Å². The molecule has 1 aliphatic rings. The van der Waals surface area contributed by atoms with E-state index in [9.17, 15) is 31.8 Å². The minimum Gasteiger partial charge on any atom is -0.309 e. The Kier molecular flexibility index (Phi) is 16.6. The van der Waals surface area contributed by atoms with Crippen molar-refractivity contribution in [3.8, 4) is 83.8 Å². The third kappa shape index (κ3) is 12.2. The van der Waals surface area contributed by atoms with Crippen LogP contribution in [0.25, 0.3) is 155 Å². The Morgan fingerprint density at radius 1 is 0.270 bits per heavy atom. The number of anilines is 2. The average Bonchev–Trinajstić information content (AvgIpc) is 1.62. The Morgan fingerprint density at radius 3 is 0.883 bits per heavy atom. The second-order valence-electron chi connectivity index (χ2n) is 27.9. The lowest BCUT2D eigenvalue weighted by molar-refractivity contribution is -0.138. The summed E-state index contributed by atoms with van der Waals surface area (Å²) in [6.07, 6.45) is -5.07. The summed E-state index contributed by atoms with van der Waals surface area (Å²) in [6, 6.07) is 115. The molecule has 532 valence electrons. The lowest BCUT2D eigenvalue weighted by Crippen LogP contribution is -2.30. The van der Waals surface area contributed by atoms with Gasteiger partial charge >= 0.3 is 12.4 Å². The zero-order valence-electron chi connectivity index (χ0n) is 59.1. The Bertz CT molecular complexity index is 6440. The van der Waals surface area contributed by atoms with Crippen LogP contribution in [-0.2, 0) is 12.4 Å². The van der Waals surface area contributed by atoms with Crippen LogP contribution in [0.2, 0.25) is 0 Å². The second-order valence-corrected chi connectivity index (χ2v) is 28.1. The molecule has 0 saturated heterocycles. The standard InChI is InChI=1S/C98H62F6N6S/c99-97(100,101)74-37-19-65(20-38-74)72-35-54-92-86(59-72)87-60-73(66-21-39-75(40-22-66)98(102,103)104)36-55-93(87)110(92)80-49-31-69(32-50-80)81-51-56-94(96(106-111)95(81)105)107(76-41-27-67(28-42-76)70-33-52-90-84(57-70)82-15-7-9-17-88(82)108(90)78-45-23-63(24-46-78)61-11-3-1-4-12-61)77-43-29-68(30-44-77)71-34-53-91-85(58-71)83-16-8-10-18-89(83)109(91)79-47-25-64(26-48-79)62-13-5-2-6-14-62/h1-60,105,111H/b105-95?,106-96-. The molecule has 1 aliphatic carbocycles. The van der Waals surface area contributed by atoms with Crippen LogP contribution in [0.4, 0.5) is 37.7 Å². The van der Waals surface area contributed by atoms with Crippen LogP contribution in [0, 0.1) is 5.41 Å². The number of thiol groups is 1. The zero-order valence-corrected chi connectivity index (χ0v) is 60.0. The molecule has 15 aromatic carbocycles. The van der Waals surface area contributed by atoms with Gasteiger partial charge in [0.15, 0.2) is 0 Å². The molecular formula is C98H62F6N6S. The van der Waals surface area contributed by atoms with Crippen molar-refractivity contribution in [1.29, 1.82) is 5.41 Å². The van der Waals surface area contributed by atoms with Gasteiger partial charge in [-0.3, -0.25) is 5.41 Å². The molecule has 0 unspecified atom stereocenters. The Balaban J connectivity index is 0.686. The van der Waals surface area contributed by atoms with E-state index in [2.05, 4.69) is 266 Å². The molecule has 0 amide bonds. The first-order valence-corrected chi connectivity index (χ1v) is 36.7. The average molecular weight is 1470 g/mol. The molecule has 111 heavy (non-hydrogen) atoms. The van der Waals surface area contributed by atoms with E-state index in [1.54, 1.807) is 0 Å². The van der Waals surface area contributed by atoms with Crippen LogP contribution in [0.3, 0.4) is 0 Å². The highest BCUT2D eigenvalue weighted by molar-refractivity contribution is 7.79. The third-order valence-corrected chi connectivity index (χ3v) is 21.7. The molecule has 13 heteroatoms. The molecule has 6 nitrogen and oxygen atoms in total. The molecular weight excluding hydrogens is 1410 g/mol. The van der Waals surface area contributed by atoms with Crippen LogP contribution in [0.5, 0.6) is 0 Å². The van der Waals surface area contributed by atoms with Gasteiger partial charge in [0.1, 0.15) is 5.71 Å². The summed E-state index contributed by atoms with van der Waals surface area (Å²) in [5, 5.41) is 16.2. The number of hydrogen-bond acceptors (Lipinski definition) is 4. The van der Waals surface area contributed by atoms with Gasteiger partial charge in [-0.1, -0.05) is 206 Å². The first-order chi connectivity index (χ1) is 54.1. The van der Waals surface area contributed by atoms with Gasteiger partial charge in [0.05, 0.1) is 55.6 Å². The molecule has 0 bridgehead atoms. The van der Waals surface area contributed by atoms with E-state index in [4.69, 9.17) is 0 Å². The number of fused-ring (bicyclic) bond motifs is 9. The molecule has 0 atom stereocenters. The summed E-state index contributed by atoms with van der Waals surface area (Å²) in [5.41, 5.74) is 22.9. The van der Waals surface area contributed by atoms with Gasteiger partial charge in [0.25, 0.3) is 0 Å². The Morgan fingerprint density at radius 2 is 0.541 bits per heavy atom. The Hall–Kier alpha value is -13.8. The first-order valence-electron chi connectivity index (χ1n) is 36.3. The molecule has 0 radical (unpaired) electrons. The number of benzene rings is 15. The topological polar surface area (TPSA) is 54.2 Å². The van der Waals surface area contributed by atoms with E-state index in [1.165, 1.54) is 35.4 Å². The van der Waals surface area contributed by atoms with Gasteiger partial charge in [0, 0.05) is 66.3 Å². The highest BCUT2D eigenvalue weighted by atomic mass is 32.1. The van der Waals surface area contributed by atoms with Gasteiger partial charge in [-0.15, -0.1) is 0 Å². The lowest BCUT2D eigenvalue weighted by Gasteiger charge is -2.31. The van der Waals surface area contributed by atoms with E-state index in [-0.39, 0.29) is 5.71 Å². The SMILES string of the molecule is N=C1C(c2ccc(-n3c4ccc(-c5ccc(C(F)(F)F)cc5)cc4c4cc(-c5ccc(C(F)(F)F)cc5)ccc43)cc2)=CC=C(N(c2ccc(-c3ccc4c(c3)c3ccccc3n4-c3ccc(-c4ccccc4)cc3)cc2)c2ccc(-c3ccc4c(c3)c3ccccc3n4-c3ccc(-c4ccccc4)cc3)cc2)/C1=N/S. The number of para-hydroxylation sites is 2. The maximum Gasteiger partial charge on any atom is 0.416 e. The van der Waals surface area contributed by atoms with Crippen molar-refractivity contribution in [3.05, 3.63) is 386 Å². The van der Waals surface area contributed by atoms with Gasteiger partial charge < -0.3 is 18.6 Å². The first kappa shape index (κ1) is 67.8. The molecule has 3 aromatic heterocycles. The smallest absolute Gasteiger partial charge is 0.309 e. The van der Waals surface area contributed by atoms with Crippen molar-refractivity contribution in [3.63, 3.8) is 0 Å². The normalized spacial score (nSPS) is 13.1. The molecule has 0 fully saturated rings. The second kappa shape index (κ2) is 27.2. The van der Waals surface area contributed by atoms with E-state index in [0.29, 0.717) is 39.2 Å². The van der Waals surface area contributed by atoms with E-state index >= 15 is 0 Å². The number of aromatic nitrogens is 3. The fraction of sp³-hybridized carbons (Fsp3) is 0.0204. The van der Waals surface area contributed by atoms with Crippen molar-refractivity contribution in [2.75, 3.05) is 4.90 Å². The number of allylic oxidation sites excluding steroid dienone is 4. The summed E-state index contributed by atoms with van der Waals surface area (Å²) in [4.78, 5) is 2.13. The molecule has 0 aliphatic heterocycles. The number of hydrogen-bond donors (Lipinski definition) is 2. The monoisotopic (exact) mass is 1470 g/mol. The maximum atomic E-state index is 13.7. The summed E-state index contributed by atoms with van der Waals surface area (Å²) < 4.78 is 93.7. The predicted octanol–water partition coefficient (Wildman–Crippen LogP) is 27.4. The number of halogens is 6. The van der Waals surface area contributed by atoms with Crippen molar-refractivity contribution in [2.24, 2.45) is 4.40 Å². The summed E-state index contributed by atoms with van der Waals surface area (Å²) in [5.74, 6) is 0. The van der Waals surface area contributed by atoms with E-state index in [1.807, 2.05) is 84.9 Å². The van der Waals surface area contributed by atoms with Crippen molar-refractivity contribution >= 4 is 107 Å². The highest BCUT2D eigenvalue weighted by Gasteiger charge is 2.33. The maximum absolute atomic E-state index is 13.7. The van der Waals surface area contributed by atoms with Crippen LogP contribution in [0.15, 0.2) is 374 Å². The van der Waals surface area contributed by atoms with Crippen LogP contribution < -0.4 is 4.90 Å². The molecule has 19 rings (SSSR count). The van der Waals surface area contributed by atoms with Gasteiger partial charge in [-0.05, 0) is 243 Å². The van der Waals surface area contributed by atoms with Crippen molar-refractivity contribution < 1.29 is 26.3 Å². The molecule has 1 N–H and O–H groups in total. The van der Waals surface area contributed by atoms with Gasteiger partial charge in [-0.2, -0.15) is 26.3 Å². The lowest BCUT2D eigenvalue weighted by atomic mass is 9.91.